The van der Waals surface area contributed by atoms with Crippen molar-refractivity contribution in [2.75, 3.05) is 19.8 Å². The zero-order chi connectivity index (χ0) is 23.9. The number of pyridine rings is 1. The smallest absolute Gasteiger partial charge is 0.261 e. The third-order valence-corrected chi connectivity index (χ3v) is 6.29. The van der Waals surface area contributed by atoms with E-state index >= 15 is 0 Å². The maximum Gasteiger partial charge on any atom is 0.261 e. The highest BCUT2D eigenvalue weighted by atomic mass is 16.5. The molecule has 0 spiro atoms. The van der Waals surface area contributed by atoms with Gasteiger partial charge in [-0.15, -0.1) is 0 Å². The minimum atomic E-state index is -0.443. The van der Waals surface area contributed by atoms with Gasteiger partial charge in [0.25, 0.3) is 5.89 Å². The van der Waals surface area contributed by atoms with Crippen molar-refractivity contribution in [3.05, 3.63) is 54.5 Å². The van der Waals surface area contributed by atoms with E-state index in [-0.39, 0.29) is 18.4 Å². The topological polar surface area (TPSA) is 142 Å². The molecule has 11 nitrogen and oxygen atoms in total. The van der Waals surface area contributed by atoms with Gasteiger partial charge in [0.1, 0.15) is 6.54 Å². The summed E-state index contributed by atoms with van der Waals surface area (Å²) < 4.78 is 7.17. The summed E-state index contributed by atoms with van der Waals surface area (Å²) in [5, 5.41) is 8.58. The monoisotopic (exact) mass is 459 g/mol. The third kappa shape index (κ3) is 4.00. The molecule has 0 aliphatic heterocycles. The van der Waals surface area contributed by atoms with Gasteiger partial charge in [0.2, 0.25) is 11.9 Å². The van der Waals surface area contributed by atoms with Crippen molar-refractivity contribution in [3.63, 3.8) is 0 Å². The number of likely N-dealkylation sites (N-methyl/N-ethyl adjacent to an activating group) is 1. The number of aromatic nitrogens is 7. The van der Waals surface area contributed by atoms with E-state index in [1.807, 2.05) is 18.3 Å². The van der Waals surface area contributed by atoms with Crippen LogP contribution in [0.15, 0.2) is 47.6 Å². The van der Waals surface area contributed by atoms with E-state index in [4.69, 9.17) is 15.2 Å². The lowest BCUT2D eigenvalue weighted by Gasteiger charge is -2.26. The average Bonchev–Trinajstić information content (AvgIpc) is 3.39. The van der Waals surface area contributed by atoms with E-state index in [9.17, 15) is 4.79 Å². The molecule has 1 atom stereocenters. The minimum Gasteiger partial charge on any atom is -0.368 e. The summed E-state index contributed by atoms with van der Waals surface area (Å²) >= 11 is 0. The number of nitrogens with two attached hydrogens (primary N) is 1. The van der Waals surface area contributed by atoms with Gasteiger partial charge in [-0.25, -0.2) is 9.97 Å². The van der Waals surface area contributed by atoms with Crippen LogP contribution in [0.3, 0.4) is 0 Å². The molecule has 0 bridgehead atoms. The SMILES string of the molecule is CN(C)C(=O)Cn1cc(-c2nc(C(C)(c3ccc(-c4cnc(N)nc4)nc3)C3CC3)no2)cn1. The number of carbonyl (C=O) groups is 1. The Morgan fingerprint density at radius 3 is 2.56 bits per heavy atom. The van der Waals surface area contributed by atoms with E-state index in [0.717, 1.165) is 29.7 Å². The molecule has 2 N–H and O–H groups in total. The van der Waals surface area contributed by atoms with Gasteiger partial charge in [-0.2, -0.15) is 10.1 Å². The molecule has 4 aromatic rings. The Kier molecular flexibility index (Phi) is 5.31. The molecular formula is C23H25N9O2. The molecule has 5 rings (SSSR count). The third-order valence-electron chi connectivity index (χ3n) is 6.29. The normalized spacial score (nSPS) is 15.1. The average molecular weight is 460 g/mol. The summed E-state index contributed by atoms with van der Waals surface area (Å²) in [6, 6.07) is 3.98. The molecule has 1 saturated carbocycles. The molecule has 1 aliphatic rings. The summed E-state index contributed by atoms with van der Waals surface area (Å²) in [5.74, 6) is 1.54. The van der Waals surface area contributed by atoms with Crippen molar-refractivity contribution in [2.24, 2.45) is 5.92 Å². The standard InChI is InChI=1S/C23H25N9O2/c1-23(16-4-5-16,17-6-7-18(25-11-17)14-8-26-22(24)27-9-14)21-29-20(34-30-21)15-10-28-32(12-15)13-19(33)31(2)3/h6-12,16H,4-5,13H2,1-3H3,(H2,24,26,27). The van der Waals surface area contributed by atoms with Crippen molar-refractivity contribution in [1.82, 2.24) is 39.8 Å². The molecule has 34 heavy (non-hydrogen) atoms. The van der Waals surface area contributed by atoms with Gasteiger partial charge in [0.05, 0.1) is 22.9 Å². The lowest BCUT2D eigenvalue weighted by atomic mass is 9.77. The Hall–Kier alpha value is -4.15. The van der Waals surface area contributed by atoms with E-state index in [2.05, 4.69) is 32.1 Å². The number of hydrogen-bond donors (Lipinski definition) is 1. The summed E-state index contributed by atoms with van der Waals surface area (Å²) in [6.07, 6.45) is 10.7. The second-order valence-electron chi connectivity index (χ2n) is 8.88. The van der Waals surface area contributed by atoms with E-state index < -0.39 is 5.41 Å². The first-order valence-electron chi connectivity index (χ1n) is 11.0. The first-order valence-corrected chi connectivity index (χ1v) is 11.0. The van der Waals surface area contributed by atoms with Crippen LogP contribution >= 0.6 is 0 Å². The highest BCUT2D eigenvalue weighted by Gasteiger charge is 2.47. The van der Waals surface area contributed by atoms with Crippen LogP contribution in [0, 0.1) is 5.92 Å². The van der Waals surface area contributed by atoms with Crippen LogP contribution in [0.1, 0.15) is 31.2 Å². The van der Waals surface area contributed by atoms with Crippen LogP contribution in [0.5, 0.6) is 0 Å². The number of carbonyl (C=O) groups excluding carboxylic acids is 1. The van der Waals surface area contributed by atoms with Gasteiger partial charge >= 0.3 is 0 Å². The molecular weight excluding hydrogens is 434 g/mol. The van der Waals surface area contributed by atoms with Gasteiger partial charge in [-0.3, -0.25) is 14.5 Å². The largest absolute Gasteiger partial charge is 0.368 e. The Bertz CT molecular complexity index is 1310. The van der Waals surface area contributed by atoms with Crippen molar-refractivity contribution in [3.8, 4) is 22.7 Å². The van der Waals surface area contributed by atoms with Gasteiger partial charge in [-0.1, -0.05) is 11.2 Å². The molecule has 11 heteroatoms. The maximum absolute atomic E-state index is 12.0. The van der Waals surface area contributed by atoms with E-state index in [1.54, 1.807) is 43.6 Å². The Morgan fingerprint density at radius 2 is 1.91 bits per heavy atom. The first kappa shape index (κ1) is 21.7. The molecule has 1 amide bonds. The molecule has 0 aromatic carbocycles. The lowest BCUT2D eigenvalue weighted by molar-refractivity contribution is -0.129. The lowest BCUT2D eigenvalue weighted by Crippen LogP contribution is -2.28. The van der Waals surface area contributed by atoms with Crippen molar-refractivity contribution in [1.29, 1.82) is 0 Å². The summed E-state index contributed by atoms with van der Waals surface area (Å²) in [6.45, 7) is 2.27. The second kappa shape index (κ2) is 8.32. The second-order valence-corrected chi connectivity index (χ2v) is 8.88. The van der Waals surface area contributed by atoms with Crippen LogP contribution in [0.4, 0.5) is 5.95 Å². The van der Waals surface area contributed by atoms with Crippen LogP contribution < -0.4 is 5.73 Å². The van der Waals surface area contributed by atoms with Crippen molar-refractivity contribution >= 4 is 11.9 Å². The van der Waals surface area contributed by atoms with E-state index in [0.29, 0.717) is 23.2 Å². The molecule has 1 aliphatic carbocycles. The fourth-order valence-electron chi connectivity index (χ4n) is 3.94. The first-order chi connectivity index (χ1) is 16.3. The number of amides is 1. The fraction of sp³-hybridized carbons (Fsp3) is 0.348. The predicted octanol–water partition coefficient (Wildman–Crippen LogP) is 2.17. The van der Waals surface area contributed by atoms with E-state index in [1.165, 1.54) is 4.90 Å². The number of hydrogen-bond acceptors (Lipinski definition) is 9. The molecule has 0 radical (unpaired) electrons. The number of nitrogen functional groups attached to an aromatic ring is 1. The molecule has 174 valence electrons. The minimum absolute atomic E-state index is 0.0522. The Labute approximate surface area is 196 Å². The van der Waals surface area contributed by atoms with Gasteiger partial charge in [0, 0.05) is 44.4 Å². The number of nitrogens with zero attached hydrogens (tertiary/aromatic N) is 8. The maximum atomic E-state index is 12.0. The summed E-state index contributed by atoms with van der Waals surface area (Å²) in [4.78, 5) is 30.9. The van der Waals surface area contributed by atoms with Gasteiger partial charge in [0.15, 0.2) is 5.82 Å². The highest BCUT2D eigenvalue weighted by Crippen LogP contribution is 2.50. The van der Waals surface area contributed by atoms with Crippen LogP contribution in [0.25, 0.3) is 22.7 Å². The zero-order valence-electron chi connectivity index (χ0n) is 19.2. The molecule has 1 fully saturated rings. The zero-order valence-corrected chi connectivity index (χ0v) is 19.2. The van der Waals surface area contributed by atoms with Gasteiger partial charge < -0.3 is 15.2 Å². The predicted molar refractivity (Wildman–Crippen MR) is 123 cm³/mol. The summed E-state index contributed by atoms with van der Waals surface area (Å²) in [5.41, 5.74) is 8.37. The fourth-order valence-corrected chi connectivity index (χ4v) is 3.94. The van der Waals surface area contributed by atoms with Gasteiger partial charge in [-0.05, 0) is 37.3 Å². The molecule has 1 unspecified atom stereocenters. The van der Waals surface area contributed by atoms with Crippen LogP contribution in [-0.4, -0.2) is 59.8 Å². The molecule has 0 saturated heterocycles. The van der Waals surface area contributed by atoms with Crippen LogP contribution in [0.2, 0.25) is 0 Å². The van der Waals surface area contributed by atoms with Crippen molar-refractivity contribution < 1.29 is 9.32 Å². The highest BCUT2D eigenvalue weighted by molar-refractivity contribution is 5.75. The quantitative estimate of drug-likeness (QED) is 0.440. The number of anilines is 1. The van der Waals surface area contributed by atoms with Crippen LogP contribution in [-0.2, 0) is 16.8 Å². The van der Waals surface area contributed by atoms with Crippen molar-refractivity contribution in [2.45, 2.75) is 31.7 Å². The molecule has 4 aromatic heterocycles. The number of rotatable bonds is 7. The molecule has 4 heterocycles. The Balaban J connectivity index is 1.41. The summed E-state index contributed by atoms with van der Waals surface area (Å²) in [7, 11) is 3.42. The Morgan fingerprint density at radius 1 is 1.15 bits per heavy atom.